The van der Waals surface area contributed by atoms with Gasteiger partial charge in [-0.05, 0) is 28.8 Å². The van der Waals surface area contributed by atoms with E-state index >= 15 is 0 Å². The SMILES string of the molecule is C1=CN2CC(c3ccccc3)=NC2=Cc2ccccc21. The van der Waals surface area contributed by atoms with E-state index in [0.717, 1.165) is 18.1 Å². The second-order valence-electron chi connectivity index (χ2n) is 5.00. The predicted octanol–water partition coefficient (Wildman–Crippen LogP) is 3.77. The van der Waals surface area contributed by atoms with Crippen molar-refractivity contribution < 1.29 is 0 Å². The summed E-state index contributed by atoms with van der Waals surface area (Å²) in [6, 6.07) is 18.8. The molecule has 4 rings (SSSR count). The molecule has 2 aromatic carbocycles. The molecule has 2 aliphatic heterocycles. The third-order valence-corrected chi connectivity index (χ3v) is 3.69. The number of benzene rings is 2. The van der Waals surface area contributed by atoms with Gasteiger partial charge in [0.2, 0.25) is 0 Å². The first-order valence-electron chi connectivity index (χ1n) is 6.79. The Morgan fingerprint density at radius 1 is 0.850 bits per heavy atom. The molecule has 0 atom stereocenters. The zero-order chi connectivity index (χ0) is 13.4. The number of fused-ring (bicyclic) bond motifs is 2. The molecule has 0 fully saturated rings. The minimum atomic E-state index is 0.834. The van der Waals surface area contributed by atoms with Gasteiger partial charge < -0.3 is 4.90 Å². The fourth-order valence-corrected chi connectivity index (χ4v) is 2.61. The van der Waals surface area contributed by atoms with E-state index in [-0.39, 0.29) is 0 Å². The maximum atomic E-state index is 4.79. The Bertz CT molecular complexity index is 739. The highest BCUT2D eigenvalue weighted by molar-refractivity contribution is 6.04. The van der Waals surface area contributed by atoms with Gasteiger partial charge in [-0.3, -0.25) is 0 Å². The normalized spacial score (nSPS) is 16.1. The Hall–Kier alpha value is -2.61. The van der Waals surface area contributed by atoms with Gasteiger partial charge in [0, 0.05) is 6.20 Å². The van der Waals surface area contributed by atoms with Crippen LogP contribution in [0.15, 0.2) is 71.6 Å². The van der Waals surface area contributed by atoms with Gasteiger partial charge >= 0.3 is 0 Å². The third-order valence-electron chi connectivity index (χ3n) is 3.69. The van der Waals surface area contributed by atoms with Crippen molar-refractivity contribution in [1.82, 2.24) is 4.90 Å². The summed E-state index contributed by atoms with van der Waals surface area (Å²) in [6.45, 7) is 0.834. The molecular formula is C18H14N2. The largest absolute Gasteiger partial charge is 0.327 e. The van der Waals surface area contributed by atoms with Crippen LogP contribution in [0.3, 0.4) is 0 Å². The van der Waals surface area contributed by atoms with Crippen molar-refractivity contribution in [3.8, 4) is 0 Å². The van der Waals surface area contributed by atoms with E-state index in [2.05, 4.69) is 71.8 Å². The molecule has 0 bridgehead atoms. The lowest BCUT2D eigenvalue weighted by atomic mass is 10.1. The van der Waals surface area contributed by atoms with Gasteiger partial charge in [0.25, 0.3) is 0 Å². The summed E-state index contributed by atoms with van der Waals surface area (Å²) in [4.78, 5) is 6.99. The highest BCUT2D eigenvalue weighted by atomic mass is 15.2. The number of rotatable bonds is 1. The van der Waals surface area contributed by atoms with E-state index in [0.29, 0.717) is 0 Å². The second kappa shape index (κ2) is 4.49. The molecule has 0 amide bonds. The van der Waals surface area contributed by atoms with Crippen LogP contribution in [-0.2, 0) is 0 Å². The van der Waals surface area contributed by atoms with Gasteiger partial charge in [0.05, 0.1) is 12.3 Å². The molecule has 2 nitrogen and oxygen atoms in total. The molecule has 0 N–H and O–H groups in total. The minimum Gasteiger partial charge on any atom is -0.327 e. The van der Waals surface area contributed by atoms with Crippen LogP contribution < -0.4 is 0 Å². The van der Waals surface area contributed by atoms with Gasteiger partial charge in [-0.25, -0.2) is 4.99 Å². The van der Waals surface area contributed by atoms with E-state index in [9.17, 15) is 0 Å². The zero-order valence-corrected chi connectivity index (χ0v) is 11.0. The Labute approximate surface area is 118 Å². The molecule has 0 aromatic heterocycles. The standard InChI is InChI=1S/C18H14N2/c1-2-7-15(8-3-1)17-13-20-11-10-14-6-4-5-9-16(14)12-18(20)19-17/h1-12H,13H2. The summed E-state index contributed by atoms with van der Waals surface area (Å²) >= 11 is 0. The van der Waals surface area contributed by atoms with Gasteiger partial charge in [-0.15, -0.1) is 0 Å². The molecule has 2 aromatic rings. The molecule has 0 unspecified atom stereocenters. The first kappa shape index (κ1) is 11.2. The Morgan fingerprint density at radius 2 is 1.60 bits per heavy atom. The average molecular weight is 258 g/mol. The molecule has 0 radical (unpaired) electrons. The fraction of sp³-hybridized carbons (Fsp3) is 0.0556. The lowest BCUT2D eigenvalue weighted by Gasteiger charge is -2.11. The van der Waals surface area contributed by atoms with E-state index < -0.39 is 0 Å². The number of hydrogen-bond acceptors (Lipinski definition) is 2. The fourth-order valence-electron chi connectivity index (χ4n) is 2.61. The lowest BCUT2D eigenvalue weighted by Crippen LogP contribution is -2.15. The Morgan fingerprint density at radius 3 is 2.45 bits per heavy atom. The molecule has 20 heavy (non-hydrogen) atoms. The molecule has 0 saturated carbocycles. The Kier molecular flexibility index (Phi) is 2.52. The van der Waals surface area contributed by atoms with Crippen LogP contribution >= 0.6 is 0 Å². The molecule has 0 aliphatic carbocycles. The van der Waals surface area contributed by atoms with Crippen molar-refractivity contribution in [3.05, 3.63) is 83.3 Å². The summed E-state index contributed by atoms with van der Waals surface area (Å²) in [5.41, 5.74) is 4.79. The summed E-state index contributed by atoms with van der Waals surface area (Å²) < 4.78 is 0. The van der Waals surface area contributed by atoms with Crippen LogP contribution in [0.2, 0.25) is 0 Å². The van der Waals surface area contributed by atoms with E-state index in [1.165, 1.54) is 16.7 Å². The quantitative estimate of drug-likeness (QED) is 0.760. The van der Waals surface area contributed by atoms with Crippen LogP contribution in [0.4, 0.5) is 0 Å². The van der Waals surface area contributed by atoms with Crippen molar-refractivity contribution in [1.29, 1.82) is 0 Å². The highest BCUT2D eigenvalue weighted by Gasteiger charge is 2.21. The molecule has 2 aliphatic rings. The van der Waals surface area contributed by atoms with Crippen molar-refractivity contribution in [2.75, 3.05) is 6.54 Å². The van der Waals surface area contributed by atoms with Crippen LogP contribution in [-0.4, -0.2) is 17.2 Å². The van der Waals surface area contributed by atoms with E-state index in [1.54, 1.807) is 0 Å². The third kappa shape index (κ3) is 1.86. The molecular weight excluding hydrogens is 244 g/mol. The van der Waals surface area contributed by atoms with Crippen LogP contribution in [0.5, 0.6) is 0 Å². The van der Waals surface area contributed by atoms with Gasteiger partial charge in [-0.1, -0.05) is 54.6 Å². The van der Waals surface area contributed by atoms with Crippen LogP contribution in [0.1, 0.15) is 16.7 Å². The molecule has 0 spiro atoms. The summed E-state index contributed by atoms with van der Waals surface area (Å²) in [6.07, 6.45) is 6.44. The van der Waals surface area contributed by atoms with Crippen LogP contribution in [0, 0.1) is 0 Å². The van der Waals surface area contributed by atoms with Crippen molar-refractivity contribution in [3.63, 3.8) is 0 Å². The van der Waals surface area contributed by atoms with E-state index in [4.69, 9.17) is 4.99 Å². The highest BCUT2D eigenvalue weighted by Crippen LogP contribution is 2.26. The van der Waals surface area contributed by atoms with Gasteiger partial charge in [0.15, 0.2) is 0 Å². The van der Waals surface area contributed by atoms with Gasteiger partial charge in [0.1, 0.15) is 5.82 Å². The summed E-state index contributed by atoms with van der Waals surface area (Å²) in [5, 5.41) is 0. The van der Waals surface area contributed by atoms with Crippen molar-refractivity contribution in [2.24, 2.45) is 4.99 Å². The number of nitrogens with zero attached hydrogens (tertiary/aromatic N) is 2. The maximum Gasteiger partial charge on any atom is 0.133 e. The average Bonchev–Trinajstić information content (AvgIpc) is 2.82. The molecule has 0 saturated heterocycles. The predicted molar refractivity (Wildman–Crippen MR) is 83.1 cm³/mol. The summed E-state index contributed by atoms with van der Waals surface area (Å²) in [7, 11) is 0. The van der Waals surface area contributed by atoms with E-state index in [1.807, 2.05) is 6.07 Å². The first-order valence-corrected chi connectivity index (χ1v) is 6.79. The number of hydrogen-bond donors (Lipinski definition) is 0. The minimum absolute atomic E-state index is 0.834. The molecule has 96 valence electrons. The topological polar surface area (TPSA) is 15.6 Å². The smallest absolute Gasteiger partial charge is 0.133 e. The lowest BCUT2D eigenvalue weighted by molar-refractivity contribution is 0.562. The summed E-state index contributed by atoms with van der Waals surface area (Å²) in [5.74, 6) is 1.02. The van der Waals surface area contributed by atoms with Crippen molar-refractivity contribution in [2.45, 2.75) is 0 Å². The second-order valence-corrected chi connectivity index (χ2v) is 5.00. The van der Waals surface area contributed by atoms with Crippen LogP contribution in [0.25, 0.3) is 12.2 Å². The maximum absolute atomic E-state index is 4.79. The number of aliphatic imine (C=N–C) groups is 1. The molecule has 2 heterocycles. The van der Waals surface area contributed by atoms with Crippen molar-refractivity contribution >= 4 is 17.9 Å². The first-order chi connectivity index (χ1) is 9.90. The monoisotopic (exact) mass is 258 g/mol. The zero-order valence-electron chi connectivity index (χ0n) is 11.0. The molecule has 2 heteroatoms. The Balaban J connectivity index is 1.78. The van der Waals surface area contributed by atoms with Gasteiger partial charge in [-0.2, -0.15) is 0 Å².